The van der Waals surface area contributed by atoms with E-state index in [1.165, 1.54) is 11.3 Å². The average molecular weight is 461 g/mol. The van der Waals surface area contributed by atoms with Crippen molar-refractivity contribution >= 4 is 22.7 Å². The quantitative estimate of drug-likeness (QED) is 0.544. The molecule has 0 amide bonds. The molecule has 2 atom stereocenters. The first-order chi connectivity index (χ1) is 16.4. The van der Waals surface area contributed by atoms with Gasteiger partial charge in [0, 0.05) is 55.6 Å². The summed E-state index contributed by atoms with van der Waals surface area (Å²) in [6.07, 6.45) is 6.06. The smallest absolute Gasteiger partial charge is 0.252 e. The number of aromatic nitrogens is 3. The van der Waals surface area contributed by atoms with Gasteiger partial charge in [-0.1, -0.05) is 32.1 Å². The van der Waals surface area contributed by atoms with E-state index in [1.54, 1.807) is 22.9 Å². The van der Waals surface area contributed by atoms with Gasteiger partial charge in [-0.3, -0.25) is 9.36 Å². The van der Waals surface area contributed by atoms with E-state index in [9.17, 15) is 4.79 Å². The normalized spacial score (nSPS) is 16.4. The molecular formula is C27H36N6O. The lowest BCUT2D eigenvalue weighted by molar-refractivity contribution is 0.349. The summed E-state index contributed by atoms with van der Waals surface area (Å²) in [5.74, 6) is 0.845. The number of hydrogen-bond acceptors (Lipinski definition) is 6. The van der Waals surface area contributed by atoms with Gasteiger partial charge in [-0.15, -0.1) is 0 Å². The second-order valence-corrected chi connectivity index (χ2v) is 9.46. The lowest BCUT2D eigenvalue weighted by atomic mass is 10.1. The van der Waals surface area contributed by atoms with Crippen LogP contribution >= 0.6 is 0 Å². The lowest BCUT2D eigenvalue weighted by Crippen LogP contribution is -2.44. The van der Waals surface area contributed by atoms with Gasteiger partial charge in [-0.2, -0.15) is 4.98 Å². The molecule has 0 saturated carbocycles. The maximum atomic E-state index is 12.6. The number of piperazine rings is 1. The Kier molecular flexibility index (Phi) is 7.20. The summed E-state index contributed by atoms with van der Waals surface area (Å²) in [7, 11) is 0. The third-order valence-corrected chi connectivity index (χ3v) is 6.82. The molecule has 180 valence electrons. The fraction of sp³-hybridized carbons (Fsp3) is 0.444. The monoisotopic (exact) mass is 460 g/mol. The number of nitrogens with one attached hydrogen (secondary N) is 1. The number of benzene rings is 1. The molecule has 0 radical (unpaired) electrons. The molecule has 1 saturated heterocycles. The zero-order valence-electron chi connectivity index (χ0n) is 20.9. The molecule has 2 aromatic heterocycles. The highest BCUT2D eigenvalue weighted by Crippen LogP contribution is 2.24. The van der Waals surface area contributed by atoms with Gasteiger partial charge < -0.3 is 15.1 Å². The summed E-state index contributed by atoms with van der Waals surface area (Å²) in [6.45, 7) is 14.6. The molecule has 1 fully saturated rings. The number of hydrogen-bond donors (Lipinski definition) is 1. The van der Waals surface area contributed by atoms with Crippen LogP contribution in [0.15, 0.2) is 59.7 Å². The number of anilines is 2. The second-order valence-electron chi connectivity index (χ2n) is 9.46. The zero-order chi connectivity index (χ0) is 24.2. The molecule has 4 rings (SSSR count). The zero-order valence-corrected chi connectivity index (χ0v) is 20.9. The molecule has 7 nitrogen and oxygen atoms in total. The largest absolute Gasteiger partial charge is 0.374 e. The Balaban J connectivity index is 1.49. The van der Waals surface area contributed by atoms with Crippen LogP contribution in [-0.4, -0.2) is 45.6 Å². The summed E-state index contributed by atoms with van der Waals surface area (Å²) < 4.78 is 1.78. The summed E-state index contributed by atoms with van der Waals surface area (Å²) in [4.78, 5) is 26.7. The van der Waals surface area contributed by atoms with Crippen molar-refractivity contribution in [1.29, 1.82) is 0 Å². The molecule has 7 heteroatoms. The van der Waals surface area contributed by atoms with Gasteiger partial charge in [0.25, 0.3) is 5.56 Å². The Morgan fingerprint density at radius 2 is 1.68 bits per heavy atom. The van der Waals surface area contributed by atoms with Gasteiger partial charge in [0.1, 0.15) is 5.65 Å². The van der Waals surface area contributed by atoms with E-state index in [4.69, 9.17) is 4.98 Å². The van der Waals surface area contributed by atoms with E-state index in [1.807, 2.05) is 0 Å². The summed E-state index contributed by atoms with van der Waals surface area (Å²) >= 11 is 0. The van der Waals surface area contributed by atoms with Gasteiger partial charge in [0.05, 0.1) is 6.04 Å². The second kappa shape index (κ2) is 10.3. The highest BCUT2D eigenvalue weighted by atomic mass is 16.1. The minimum atomic E-state index is -0.0338. The summed E-state index contributed by atoms with van der Waals surface area (Å²) in [5, 5.41) is 4.28. The minimum absolute atomic E-state index is 0.0319. The fourth-order valence-electron chi connectivity index (χ4n) is 4.39. The maximum Gasteiger partial charge on any atom is 0.252 e. The predicted octanol–water partition coefficient (Wildman–Crippen LogP) is 4.84. The van der Waals surface area contributed by atoms with Crippen LogP contribution < -0.4 is 15.8 Å². The Morgan fingerprint density at radius 3 is 2.32 bits per heavy atom. The topological polar surface area (TPSA) is 66.3 Å². The Bertz CT molecular complexity index is 1190. The average Bonchev–Trinajstić information content (AvgIpc) is 2.84. The number of rotatable bonds is 7. The molecular weight excluding hydrogens is 424 g/mol. The van der Waals surface area contributed by atoms with E-state index < -0.39 is 0 Å². The molecule has 1 N–H and O–H groups in total. The van der Waals surface area contributed by atoms with Crippen LogP contribution in [0.4, 0.5) is 11.6 Å². The first-order valence-electron chi connectivity index (χ1n) is 12.2. The van der Waals surface area contributed by atoms with Crippen molar-refractivity contribution in [2.24, 2.45) is 5.92 Å². The molecule has 0 aliphatic carbocycles. The van der Waals surface area contributed by atoms with E-state index in [-0.39, 0.29) is 17.6 Å². The highest BCUT2D eigenvalue weighted by Gasteiger charge is 2.17. The number of pyridine rings is 1. The van der Waals surface area contributed by atoms with E-state index in [0.717, 1.165) is 31.6 Å². The summed E-state index contributed by atoms with van der Waals surface area (Å²) in [5.41, 5.74) is 3.06. The first kappa shape index (κ1) is 23.8. The van der Waals surface area contributed by atoms with Crippen LogP contribution in [0.5, 0.6) is 0 Å². The SMILES string of the molecule is CC=CN1CCN(c2ccc([C@H](C)Nc3ncc4ccc(=O)n([C@@H](C)C(C)C)c4n3)cc2)CC1. The van der Waals surface area contributed by atoms with Gasteiger partial charge in [-0.05, 0) is 56.7 Å². The summed E-state index contributed by atoms with van der Waals surface area (Å²) in [6, 6.07) is 12.2. The molecule has 1 aliphatic heterocycles. The van der Waals surface area contributed by atoms with Crippen LogP contribution in [0, 0.1) is 5.92 Å². The minimum Gasteiger partial charge on any atom is -0.374 e. The van der Waals surface area contributed by atoms with Crippen molar-refractivity contribution in [3.8, 4) is 0 Å². The molecule has 0 bridgehead atoms. The Hall–Kier alpha value is -3.35. The van der Waals surface area contributed by atoms with Crippen LogP contribution in [0.3, 0.4) is 0 Å². The van der Waals surface area contributed by atoms with Gasteiger partial charge in [-0.25, -0.2) is 4.98 Å². The van der Waals surface area contributed by atoms with Crippen LogP contribution in [0.25, 0.3) is 11.0 Å². The van der Waals surface area contributed by atoms with Gasteiger partial charge in [0.15, 0.2) is 0 Å². The third-order valence-electron chi connectivity index (χ3n) is 6.82. The standard InChI is InChI=1S/C27H36N6O/c1-6-13-31-14-16-32(17-15-31)24-10-7-22(8-11-24)20(4)29-27-28-18-23-9-12-25(34)33(26(23)30-27)21(5)19(2)3/h6-13,18-21H,14-17H2,1-5H3,(H,28,29,30)/t20-,21-/m0/s1. The molecule has 1 aliphatic rings. The highest BCUT2D eigenvalue weighted by molar-refractivity contribution is 5.75. The maximum absolute atomic E-state index is 12.6. The molecule has 3 aromatic rings. The van der Waals surface area contributed by atoms with Crippen molar-refractivity contribution in [1.82, 2.24) is 19.4 Å². The molecule has 34 heavy (non-hydrogen) atoms. The van der Waals surface area contributed by atoms with Crippen molar-refractivity contribution < 1.29 is 0 Å². The number of fused-ring (bicyclic) bond motifs is 1. The van der Waals surface area contributed by atoms with Gasteiger partial charge in [0.2, 0.25) is 5.95 Å². The number of allylic oxidation sites excluding steroid dienone is 1. The van der Waals surface area contributed by atoms with E-state index in [2.05, 4.69) is 91.3 Å². The first-order valence-corrected chi connectivity index (χ1v) is 12.2. The van der Waals surface area contributed by atoms with Gasteiger partial charge >= 0.3 is 0 Å². The number of nitrogens with zero attached hydrogens (tertiary/aromatic N) is 5. The molecule has 0 spiro atoms. The fourth-order valence-corrected chi connectivity index (χ4v) is 4.39. The van der Waals surface area contributed by atoms with E-state index >= 15 is 0 Å². The van der Waals surface area contributed by atoms with Crippen LogP contribution in [-0.2, 0) is 0 Å². The van der Waals surface area contributed by atoms with Crippen LogP contribution in [0.1, 0.15) is 52.3 Å². The van der Waals surface area contributed by atoms with Crippen LogP contribution in [0.2, 0.25) is 0 Å². The van der Waals surface area contributed by atoms with Crippen molar-refractivity contribution in [3.63, 3.8) is 0 Å². The molecule has 1 aromatic carbocycles. The van der Waals surface area contributed by atoms with Crippen molar-refractivity contribution in [2.75, 3.05) is 36.4 Å². The van der Waals surface area contributed by atoms with Crippen molar-refractivity contribution in [3.05, 3.63) is 70.8 Å². The Morgan fingerprint density at radius 1 is 0.971 bits per heavy atom. The predicted molar refractivity (Wildman–Crippen MR) is 140 cm³/mol. The Labute approximate surface area is 202 Å². The third kappa shape index (κ3) is 5.08. The molecule has 3 heterocycles. The molecule has 0 unspecified atom stereocenters. The van der Waals surface area contributed by atoms with Crippen molar-refractivity contribution in [2.45, 2.75) is 46.7 Å². The lowest BCUT2D eigenvalue weighted by Gasteiger charge is -2.35. The van der Waals surface area contributed by atoms with E-state index in [0.29, 0.717) is 17.5 Å².